The molecule has 0 saturated carbocycles. The van der Waals surface area contributed by atoms with E-state index in [4.69, 9.17) is 11.6 Å². The summed E-state index contributed by atoms with van der Waals surface area (Å²) in [7, 11) is 0. The van der Waals surface area contributed by atoms with E-state index in [2.05, 4.69) is 19.9 Å². The van der Waals surface area contributed by atoms with Gasteiger partial charge in [0.25, 0.3) is 5.91 Å². The summed E-state index contributed by atoms with van der Waals surface area (Å²) < 4.78 is 0. The Morgan fingerprint density at radius 1 is 1.44 bits per heavy atom. The van der Waals surface area contributed by atoms with Crippen LogP contribution in [-0.2, 0) is 12.3 Å². The van der Waals surface area contributed by atoms with Crippen molar-refractivity contribution in [2.45, 2.75) is 32.2 Å². The highest BCUT2D eigenvalue weighted by Crippen LogP contribution is 2.22. The van der Waals surface area contributed by atoms with Crippen LogP contribution in [0.25, 0.3) is 0 Å². The second kappa shape index (κ2) is 4.46. The number of carbonyl (C=O) groups excluding carboxylic acids is 1. The topological polar surface area (TPSA) is 20.3 Å². The first-order valence-corrected chi connectivity index (χ1v) is 6.15. The first-order valence-electron chi connectivity index (χ1n) is 5.62. The van der Waals surface area contributed by atoms with Crippen LogP contribution in [0.15, 0.2) is 18.2 Å². The number of alkyl halides is 1. The van der Waals surface area contributed by atoms with E-state index in [0.717, 1.165) is 29.7 Å². The van der Waals surface area contributed by atoms with Crippen molar-refractivity contribution in [3.8, 4) is 0 Å². The predicted octanol–water partition coefficient (Wildman–Crippen LogP) is 2.83. The Kier molecular flexibility index (Phi) is 3.20. The summed E-state index contributed by atoms with van der Waals surface area (Å²) in [6.07, 6.45) is 0.935. The van der Waals surface area contributed by atoms with Crippen LogP contribution < -0.4 is 0 Å². The average Bonchev–Trinajstić information content (AvgIpc) is 2.28. The minimum atomic E-state index is 0.150. The lowest BCUT2D eigenvalue weighted by atomic mass is 9.96. The van der Waals surface area contributed by atoms with Crippen LogP contribution in [-0.4, -0.2) is 23.4 Å². The van der Waals surface area contributed by atoms with Crippen LogP contribution in [0.5, 0.6) is 0 Å². The maximum atomic E-state index is 12.2. The van der Waals surface area contributed by atoms with E-state index in [-0.39, 0.29) is 11.9 Å². The first kappa shape index (κ1) is 11.5. The number of amides is 1. The van der Waals surface area contributed by atoms with E-state index in [1.807, 2.05) is 17.0 Å². The molecule has 3 heteroatoms. The molecule has 0 saturated heterocycles. The fourth-order valence-corrected chi connectivity index (χ4v) is 2.30. The number of rotatable bonds is 2. The van der Waals surface area contributed by atoms with E-state index in [9.17, 15) is 4.79 Å². The zero-order chi connectivity index (χ0) is 11.7. The van der Waals surface area contributed by atoms with Gasteiger partial charge in [0, 0.05) is 24.0 Å². The maximum absolute atomic E-state index is 12.2. The van der Waals surface area contributed by atoms with Crippen molar-refractivity contribution < 1.29 is 4.79 Å². The van der Waals surface area contributed by atoms with Crippen molar-refractivity contribution in [1.29, 1.82) is 0 Å². The smallest absolute Gasteiger partial charge is 0.254 e. The van der Waals surface area contributed by atoms with Crippen molar-refractivity contribution in [1.82, 2.24) is 4.90 Å². The van der Waals surface area contributed by atoms with Crippen molar-refractivity contribution in [3.63, 3.8) is 0 Å². The molecule has 0 radical (unpaired) electrons. The molecule has 1 aromatic carbocycles. The lowest BCUT2D eigenvalue weighted by Gasteiger charge is -2.32. The van der Waals surface area contributed by atoms with Crippen LogP contribution in [0.4, 0.5) is 0 Å². The summed E-state index contributed by atoms with van der Waals surface area (Å²) >= 11 is 5.79. The lowest BCUT2D eigenvalue weighted by Crippen LogP contribution is -2.42. The van der Waals surface area contributed by atoms with Gasteiger partial charge in [-0.1, -0.05) is 12.1 Å². The normalized spacial score (nSPS) is 15.5. The van der Waals surface area contributed by atoms with Crippen LogP contribution in [0.1, 0.15) is 35.3 Å². The summed E-state index contributed by atoms with van der Waals surface area (Å²) in [5, 5.41) is 0. The zero-order valence-electron chi connectivity index (χ0n) is 9.66. The fraction of sp³-hybridized carbons (Fsp3) is 0.462. The number of nitrogens with zero attached hydrogens (tertiary/aromatic N) is 1. The molecule has 1 amide bonds. The monoisotopic (exact) mass is 237 g/mol. The van der Waals surface area contributed by atoms with Crippen molar-refractivity contribution in [2.24, 2.45) is 0 Å². The Morgan fingerprint density at radius 2 is 2.19 bits per heavy atom. The molecular formula is C13H16ClNO. The Balaban J connectivity index is 2.35. The molecule has 86 valence electrons. The SMILES string of the molecule is CC(C)N1CCc2cc(CCl)ccc2C1=O. The second-order valence-corrected chi connectivity index (χ2v) is 4.73. The molecular weight excluding hydrogens is 222 g/mol. The molecule has 0 aliphatic carbocycles. The molecule has 0 fully saturated rings. The van der Waals surface area contributed by atoms with E-state index in [1.54, 1.807) is 0 Å². The van der Waals surface area contributed by atoms with E-state index >= 15 is 0 Å². The van der Waals surface area contributed by atoms with Crippen LogP contribution in [0.3, 0.4) is 0 Å². The van der Waals surface area contributed by atoms with Crippen LogP contribution in [0.2, 0.25) is 0 Å². The molecule has 0 unspecified atom stereocenters. The summed E-state index contributed by atoms with van der Waals surface area (Å²) in [5.41, 5.74) is 3.07. The first-order chi connectivity index (χ1) is 7.63. The van der Waals surface area contributed by atoms with Crippen molar-refractivity contribution in [3.05, 3.63) is 34.9 Å². The van der Waals surface area contributed by atoms with Gasteiger partial charge in [-0.3, -0.25) is 4.79 Å². The highest BCUT2D eigenvalue weighted by atomic mass is 35.5. The Morgan fingerprint density at radius 3 is 2.81 bits per heavy atom. The largest absolute Gasteiger partial charge is 0.336 e. The third-order valence-electron chi connectivity index (χ3n) is 3.06. The van der Waals surface area contributed by atoms with E-state index in [1.165, 1.54) is 0 Å². The standard InChI is InChI=1S/C13H16ClNO/c1-9(2)15-6-5-11-7-10(8-14)3-4-12(11)13(15)16/h3-4,7,9H,5-6,8H2,1-2H3. The second-order valence-electron chi connectivity index (χ2n) is 4.47. The third-order valence-corrected chi connectivity index (χ3v) is 3.37. The number of fused-ring (bicyclic) bond motifs is 1. The van der Waals surface area contributed by atoms with Gasteiger partial charge in [-0.15, -0.1) is 11.6 Å². The van der Waals surface area contributed by atoms with Gasteiger partial charge in [-0.25, -0.2) is 0 Å². The number of hydrogen-bond acceptors (Lipinski definition) is 1. The molecule has 0 aromatic heterocycles. The van der Waals surface area contributed by atoms with Gasteiger partial charge < -0.3 is 4.90 Å². The van der Waals surface area contributed by atoms with E-state index < -0.39 is 0 Å². The lowest BCUT2D eigenvalue weighted by molar-refractivity contribution is 0.0688. The molecule has 1 aliphatic heterocycles. The molecule has 0 N–H and O–H groups in total. The summed E-state index contributed by atoms with van der Waals surface area (Å²) in [5.74, 6) is 0.660. The number of halogens is 1. The van der Waals surface area contributed by atoms with Gasteiger partial charge in [0.05, 0.1) is 0 Å². The summed E-state index contributed by atoms with van der Waals surface area (Å²) in [4.78, 5) is 14.1. The number of benzene rings is 1. The van der Waals surface area contributed by atoms with Crippen molar-refractivity contribution >= 4 is 17.5 Å². The highest BCUT2D eigenvalue weighted by Gasteiger charge is 2.25. The molecule has 16 heavy (non-hydrogen) atoms. The van der Waals surface area contributed by atoms with Crippen LogP contribution in [0, 0.1) is 0 Å². The van der Waals surface area contributed by atoms with Crippen molar-refractivity contribution in [2.75, 3.05) is 6.54 Å². The maximum Gasteiger partial charge on any atom is 0.254 e. The fourth-order valence-electron chi connectivity index (χ4n) is 2.14. The predicted molar refractivity (Wildman–Crippen MR) is 65.9 cm³/mol. The molecule has 1 aliphatic rings. The molecule has 0 spiro atoms. The van der Waals surface area contributed by atoms with Crippen LogP contribution >= 0.6 is 11.6 Å². The molecule has 1 heterocycles. The highest BCUT2D eigenvalue weighted by molar-refractivity contribution is 6.17. The molecule has 0 atom stereocenters. The summed E-state index contributed by atoms with van der Waals surface area (Å²) in [6.45, 7) is 4.92. The van der Waals surface area contributed by atoms with Gasteiger partial charge in [0.2, 0.25) is 0 Å². The van der Waals surface area contributed by atoms with Gasteiger partial charge in [-0.05, 0) is 37.5 Å². The minimum absolute atomic E-state index is 0.150. The Bertz CT molecular complexity index is 414. The van der Waals surface area contributed by atoms with Gasteiger partial charge >= 0.3 is 0 Å². The van der Waals surface area contributed by atoms with Gasteiger partial charge in [0.15, 0.2) is 0 Å². The number of carbonyl (C=O) groups is 1. The minimum Gasteiger partial charge on any atom is -0.336 e. The quantitative estimate of drug-likeness (QED) is 0.725. The molecule has 2 rings (SSSR count). The molecule has 0 bridgehead atoms. The molecule has 2 nitrogen and oxygen atoms in total. The molecule has 1 aromatic rings. The third kappa shape index (κ3) is 1.94. The zero-order valence-corrected chi connectivity index (χ0v) is 10.4. The van der Waals surface area contributed by atoms with Gasteiger partial charge in [-0.2, -0.15) is 0 Å². The van der Waals surface area contributed by atoms with Gasteiger partial charge in [0.1, 0.15) is 0 Å². The summed E-state index contributed by atoms with van der Waals surface area (Å²) in [6, 6.07) is 6.17. The Labute approximate surface area is 101 Å². The Hall–Kier alpha value is -1.02. The number of hydrogen-bond donors (Lipinski definition) is 0. The van der Waals surface area contributed by atoms with E-state index in [0.29, 0.717) is 5.88 Å². The average molecular weight is 238 g/mol.